The number of hydrogen-bond donors (Lipinski definition) is 2. The van der Waals surface area contributed by atoms with Crippen molar-refractivity contribution in [3.63, 3.8) is 0 Å². The summed E-state index contributed by atoms with van der Waals surface area (Å²) < 4.78 is 0. The van der Waals surface area contributed by atoms with Crippen molar-refractivity contribution in [2.45, 2.75) is 0 Å². The highest BCUT2D eigenvalue weighted by atomic mass is 32.1. The van der Waals surface area contributed by atoms with Crippen molar-refractivity contribution in [2.24, 2.45) is 9.98 Å². The summed E-state index contributed by atoms with van der Waals surface area (Å²) in [4.78, 5) is 18.4. The van der Waals surface area contributed by atoms with Gasteiger partial charge in [0.05, 0.1) is 5.69 Å². The molecular weight excluding hydrogens is 202 g/mol. The van der Waals surface area contributed by atoms with E-state index in [2.05, 4.69) is 28.7 Å². The van der Waals surface area contributed by atoms with Crippen LogP contribution in [-0.4, -0.2) is 31.6 Å². The molecule has 0 saturated carbocycles. The summed E-state index contributed by atoms with van der Waals surface area (Å²) >= 11 is 1.02. The molecule has 2 N–H and O–H groups in total. The second-order valence-corrected chi connectivity index (χ2v) is 3.33. The van der Waals surface area contributed by atoms with Gasteiger partial charge in [0.1, 0.15) is 15.6 Å². The third-order valence-electron chi connectivity index (χ3n) is 1.61. The van der Waals surface area contributed by atoms with E-state index in [1.807, 2.05) is 0 Å². The number of nitrogens with zero attached hydrogens (tertiary/aromatic N) is 2. The monoisotopic (exact) mass is 211 g/mol. The number of aromatic carboxylic acids is 1. The van der Waals surface area contributed by atoms with Crippen LogP contribution in [0.15, 0.2) is 9.98 Å². The maximum absolute atomic E-state index is 10.8. The molecule has 0 aliphatic rings. The van der Waals surface area contributed by atoms with Crippen LogP contribution in [0.3, 0.4) is 0 Å². The van der Waals surface area contributed by atoms with Gasteiger partial charge >= 0.3 is 5.97 Å². The van der Waals surface area contributed by atoms with Gasteiger partial charge in [0.15, 0.2) is 0 Å². The standard InChI is InChI=1S/C8H9N3O2S/c1-9-4-5(10-2)7(11-3)14-6(4)8(12)13/h9H,2-3H2,1H3,(H,12,13). The molecule has 5 nitrogen and oxygen atoms in total. The Morgan fingerprint density at radius 2 is 2.14 bits per heavy atom. The molecule has 0 saturated heterocycles. The van der Waals surface area contributed by atoms with Crippen LogP contribution in [0.5, 0.6) is 0 Å². The summed E-state index contributed by atoms with van der Waals surface area (Å²) in [5.74, 6) is -1.01. The second kappa shape index (κ2) is 4.01. The summed E-state index contributed by atoms with van der Waals surface area (Å²) in [6.45, 7) is 6.70. The van der Waals surface area contributed by atoms with Crippen LogP contribution in [0.2, 0.25) is 0 Å². The summed E-state index contributed by atoms with van der Waals surface area (Å²) in [7, 11) is 1.62. The average Bonchev–Trinajstić information content (AvgIpc) is 2.54. The van der Waals surface area contributed by atoms with E-state index in [-0.39, 0.29) is 4.88 Å². The van der Waals surface area contributed by atoms with Gasteiger partial charge in [0, 0.05) is 7.05 Å². The van der Waals surface area contributed by atoms with Gasteiger partial charge in [-0.15, -0.1) is 11.3 Å². The predicted molar refractivity (Wildman–Crippen MR) is 59.2 cm³/mol. The van der Waals surface area contributed by atoms with E-state index in [1.165, 1.54) is 0 Å². The molecule has 0 aromatic carbocycles. The van der Waals surface area contributed by atoms with Crippen LogP contribution in [0.4, 0.5) is 16.4 Å². The topological polar surface area (TPSA) is 74.0 Å². The second-order valence-electron chi connectivity index (χ2n) is 2.33. The molecule has 14 heavy (non-hydrogen) atoms. The molecule has 1 aromatic heterocycles. The van der Waals surface area contributed by atoms with Crippen LogP contribution < -0.4 is 5.32 Å². The minimum absolute atomic E-state index is 0.164. The van der Waals surface area contributed by atoms with E-state index in [0.717, 1.165) is 11.3 Å². The lowest BCUT2D eigenvalue weighted by molar-refractivity contribution is 0.0703. The zero-order valence-corrected chi connectivity index (χ0v) is 8.39. The van der Waals surface area contributed by atoms with E-state index in [1.54, 1.807) is 7.05 Å². The number of carboxylic acid groups (broad SMARTS) is 1. The van der Waals surface area contributed by atoms with Gasteiger partial charge < -0.3 is 10.4 Å². The maximum atomic E-state index is 10.8. The Kier molecular flexibility index (Phi) is 2.98. The molecular formula is C8H9N3O2S. The molecule has 6 heteroatoms. The number of hydrogen-bond acceptors (Lipinski definition) is 5. The molecule has 0 aliphatic carbocycles. The number of nitrogens with one attached hydrogen (secondary N) is 1. The van der Waals surface area contributed by atoms with E-state index >= 15 is 0 Å². The summed E-state index contributed by atoms with van der Waals surface area (Å²) in [6.07, 6.45) is 0. The Hall–Kier alpha value is -1.69. The molecule has 0 radical (unpaired) electrons. The van der Waals surface area contributed by atoms with E-state index in [4.69, 9.17) is 5.11 Å². The molecule has 1 rings (SSSR count). The molecule has 0 fully saturated rings. The van der Waals surface area contributed by atoms with Crippen molar-refractivity contribution in [3.8, 4) is 0 Å². The van der Waals surface area contributed by atoms with Crippen LogP contribution in [0.1, 0.15) is 9.67 Å². The molecule has 0 aliphatic heterocycles. The first-order chi connectivity index (χ1) is 6.65. The van der Waals surface area contributed by atoms with Crippen molar-refractivity contribution < 1.29 is 9.90 Å². The van der Waals surface area contributed by atoms with E-state index in [0.29, 0.717) is 16.4 Å². The quantitative estimate of drug-likeness (QED) is 0.749. The highest BCUT2D eigenvalue weighted by molar-refractivity contribution is 7.19. The number of thiophene rings is 1. The third kappa shape index (κ3) is 1.51. The Morgan fingerprint density at radius 1 is 1.50 bits per heavy atom. The average molecular weight is 211 g/mol. The largest absolute Gasteiger partial charge is 0.477 e. The molecule has 1 aromatic rings. The Labute approximate surface area is 84.8 Å². The SMILES string of the molecule is C=Nc1sc(C(=O)O)c(NC)c1N=C. The first-order valence-electron chi connectivity index (χ1n) is 3.67. The van der Waals surface area contributed by atoms with Gasteiger partial charge in [0.25, 0.3) is 0 Å². The van der Waals surface area contributed by atoms with Gasteiger partial charge in [-0.25, -0.2) is 4.79 Å². The van der Waals surface area contributed by atoms with Crippen LogP contribution in [0, 0.1) is 0 Å². The molecule has 0 atom stereocenters. The number of rotatable bonds is 4. The number of carboxylic acids is 1. The lowest BCUT2D eigenvalue weighted by Gasteiger charge is -1.99. The lowest BCUT2D eigenvalue weighted by Crippen LogP contribution is -1.97. The van der Waals surface area contributed by atoms with Crippen molar-refractivity contribution in [1.82, 2.24) is 0 Å². The van der Waals surface area contributed by atoms with Crippen LogP contribution in [-0.2, 0) is 0 Å². The molecule has 74 valence electrons. The van der Waals surface area contributed by atoms with Gasteiger partial charge in [-0.2, -0.15) is 0 Å². The first-order valence-corrected chi connectivity index (χ1v) is 4.48. The van der Waals surface area contributed by atoms with Crippen LogP contribution >= 0.6 is 11.3 Å². The lowest BCUT2D eigenvalue weighted by atomic mass is 10.3. The zero-order valence-electron chi connectivity index (χ0n) is 7.57. The molecule has 0 bridgehead atoms. The highest BCUT2D eigenvalue weighted by Crippen LogP contribution is 2.45. The molecule has 1 heterocycles. The van der Waals surface area contributed by atoms with Gasteiger partial charge in [0.2, 0.25) is 0 Å². The van der Waals surface area contributed by atoms with Crippen molar-refractivity contribution in [2.75, 3.05) is 12.4 Å². The minimum Gasteiger partial charge on any atom is -0.477 e. The number of anilines is 1. The van der Waals surface area contributed by atoms with E-state index < -0.39 is 5.97 Å². The van der Waals surface area contributed by atoms with E-state index in [9.17, 15) is 4.79 Å². The Morgan fingerprint density at radius 3 is 2.50 bits per heavy atom. The normalized spacial score (nSPS) is 9.50. The third-order valence-corrected chi connectivity index (χ3v) is 2.71. The first kappa shape index (κ1) is 10.4. The minimum atomic E-state index is -1.01. The van der Waals surface area contributed by atoms with Crippen molar-refractivity contribution in [1.29, 1.82) is 0 Å². The fourth-order valence-corrected chi connectivity index (χ4v) is 1.96. The maximum Gasteiger partial charge on any atom is 0.348 e. The zero-order chi connectivity index (χ0) is 10.7. The van der Waals surface area contributed by atoms with Crippen molar-refractivity contribution in [3.05, 3.63) is 4.88 Å². The summed E-state index contributed by atoms with van der Waals surface area (Å²) in [6, 6.07) is 0. The number of aliphatic imine (C=N–C) groups is 2. The van der Waals surface area contributed by atoms with Gasteiger partial charge in [-0.3, -0.25) is 9.98 Å². The smallest absolute Gasteiger partial charge is 0.348 e. The summed E-state index contributed by atoms with van der Waals surface area (Å²) in [5.41, 5.74) is 0.866. The van der Waals surface area contributed by atoms with Crippen LogP contribution in [0.25, 0.3) is 0 Å². The molecule has 0 amide bonds. The fraction of sp³-hybridized carbons (Fsp3) is 0.125. The molecule has 0 spiro atoms. The van der Waals surface area contributed by atoms with Gasteiger partial charge in [-0.05, 0) is 13.4 Å². The van der Waals surface area contributed by atoms with Crippen molar-refractivity contribution >= 4 is 47.1 Å². The highest BCUT2D eigenvalue weighted by Gasteiger charge is 2.20. The number of carbonyl (C=O) groups is 1. The Bertz CT molecular complexity index is 398. The molecule has 0 unspecified atom stereocenters. The predicted octanol–water partition coefficient (Wildman–Crippen LogP) is 2.15. The summed E-state index contributed by atoms with van der Waals surface area (Å²) in [5, 5.41) is 12.1. The Balaban J connectivity index is 3.45. The van der Waals surface area contributed by atoms with Gasteiger partial charge in [-0.1, -0.05) is 0 Å². The fourth-order valence-electron chi connectivity index (χ4n) is 1.05.